The van der Waals surface area contributed by atoms with Crippen molar-refractivity contribution in [2.75, 3.05) is 39.5 Å². The molecule has 0 aromatic carbocycles. The minimum Gasteiger partial charge on any atom is -0.389 e. The van der Waals surface area contributed by atoms with Crippen LogP contribution in [-0.2, 0) is 9.47 Å². The van der Waals surface area contributed by atoms with Gasteiger partial charge in [-0.05, 0) is 25.3 Å². The molecule has 1 heterocycles. The largest absolute Gasteiger partial charge is 0.389 e. The van der Waals surface area contributed by atoms with Crippen LogP contribution in [0.3, 0.4) is 0 Å². The smallest absolute Gasteiger partial charge is 0.0897 e. The Labute approximate surface area is 92.0 Å². The monoisotopic (exact) mass is 217 g/mol. The van der Waals surface area contributed by atoms with Crippen molar-refractivity contribution in [3.63, 3.8) is 0 Å². The molecule has 1 atom stereocenters. The molecule has 0 spiro atoms. The molecule has 1 rings (SSSR count). The number of nitrogens with one attached hydrogen (secondary N) is 1. The van der Waals surface area contributed by atoms with Crippen molar-refractivity contribution in [1.29, 1.82) is 0 Å². The van der Waals surface area contributed by atoms with Crippen molar-refractivity contribution >= 4 is 0 Å². The highest BCUT2D eigenvalue weighted by Crippen LogP contribution is 2.14. The number of ether oxygens (including phenoxy) is 2. The summed E-state index contributed by atoms with van der Waals surface area (Å²) in [7, 11) is 0. The topological polar surface area (TPSA) is 50.7 Å². The van der Waals surface area contributed by atoms with Crippen LogP contribution in [0.1, 0.15) is 19.8 Å². The quantitative estimate of drug-likeness (QED) is 0.648. The molecule has 1 unspecified atom stereocenters. The molecule has 0 aromatic heterocycles. The Kier molecular flexibility index (Phi) is 6.92. The second-order valence-electron chi connectivity index (χ2n) is 4.05. The zero-order valence-corrected chi connectivity index (χ0v) is 9.58. The summed E-state index contributed by atoms with van der Waals surface area (Å²) < 4.78 is 10.8. The van der Waals surface area contributed by atoms with Crippen molar-refractivity contribution in [2.45, 2.75) is 25.9 Å². The third-order valence-electron chi connectivity index (χ3n) is 2.63. The van der Waals surface area contributed by atoms with Crippen LogP contribution in [0, 0.1) is 5.92 Å². The summed E-state index contributed by atoms with van der Waals surface area (Å²) in [5, 5.41) is 12.6. The molecule has 0 radical (unpaired) electrons. The van der Waals surface area contributed by atoms with Gasteiger partial charge in [0.2, 0.25) is 0 Å². The normalized spacial score (nSPS) is 20.4. The number of aliphatic hydroxyl groups excluding tert-OH is 1. The first-order chi connectivity index (χ1) is 7.33. The van der Waals surface area contributed by atoms with Crippen LogP contribution in [0.15, 0.2) is 0 Å². The van der Waals surface area contributed by atoms with Gasteiger partial charge in [-0.2, -0.15) is 0 Å². The Morgan fingerprint density at radius 3 is 2.87 bits per heavy atom. The summed E-state index contributed by atoms with van der Waals surface area (Å²) in [5.41, 5.74) is 0. The predicted octanol–water partition coefficient (Wildman–Crippen LogP) is 0.400. The summed E-state index contributed by atoms with van der Waals surface area (Å²) in [5.74, 6) is 0.616. The van der Waals surface area contributed by atoms with Crippen LogP contribution in [0.2, 0.25) is 0 Å². The molecule has 4 heteroatoms. The molecule has 4 nitrogen and oxygen atoms in total. The standard InChI is InChI=1S/C11H23NO3/c1-2-12-7-11(13)9-15-8-10-3-5-14-6-4-10/h10-13H,2-9H2,1H3. The van der Waals surface area contributed by atoms with Gasteiger partial charge in [-0.1, -0.05) is 6.92 Å². The summed E-state index contributed by atoms with van der Waals surface area (Å²) >= 11 is 0. The Balaban J connectivity index is 1.94. The molecular formula is C11H23NO3. The zero-order chi connectivity index (χ0) is 10.9. The lowest BCUT2D eigenvalue weighted by Gasteiger charge is -2.22. The van der Waals surface area contributed by atoms with E-state index in [9.17, 15) is 5.11 Å². The summed E-state index contributed by atoms with van der Waals surface area (Å²) in [6.45, 7) is 6.43. The number of rotatable bonds is 7. The third-order valence-corrected chi connectivity index (χ3v) is 2.63. The molecule has 0 saturated carbocycles. The third kappa shape index (κ3) is 6.10. The van der Waals surface area contributed by atoms with E-state index in [0.717, 1.165) is 39.2 Å². The minimum atomic E-state index is -0.384. The summed E-state index contributed by atoms with van der Waals surface area (Å²) in [4.78, 5) is 0. The van der Waals surface area contributed by atoms with E-state index in [2.05, 4.69) is 5.32 Å². The molecule has 1 aliphatic rings. The number of hydrogen-bond donors (Lipinski definition) is 2. The van der Waals surface area contributed by atoms with E-state index in [1.54, 1.807) is 0 Å². The number of aliphatic hydroxyl groups is 1. The fourth-order valence-corrected chi connectivity index (χ4v) is 1.65. The van der Waals surface area contributed by atoms with Gasteiger partial charge in [-0.15, -0.1) is 0 Å². The lowest BCUT2D eigenvalue weighted by molar-refractivity contribution is -0.00845. The maximum Gasteiger partial charge on any atom is 0.0897 e. The molecule has 2 N–H and O–H groups in total. The van der Waals surface area contributed by atoms with Crippen molar-refractivity contribution in [1.82, 2.24) is 5.32 Å². The maximum atomic E-state index is 9.50. The highest BCUT2D eigenvalue weighted by Gasteiger charge is 2.14. The lowest BCUT2D eigenvalue weighted by atomic mass is 10.0. The minimum absolute atomic E-state index is 0.384. The lowest BCUT2D eigenvalue weighted by Crippen LogP contribution is -2.31. The number of hydrogen-bond acceptors (Lipinski definition) is 4. The van der Waals surface area contributed by atoms with Crippen LogP contribution in [0.4, 0.5) is 0 Å². The van der Waals surface area contributed by atoms with Crippen LogP contribution in [0.25, 0.3) is 0 Å². The molecule has 1 saturated heterocycles. The zero-order valence-electron chi connectivity index (χ0n) is 9.58. The van der Waals surface area contributed by atoms with E-state index in [0.29, 0.717) is 19.1 Å². The number of likely N-dealkylation sites (N-methyl/N-ethyl adjacent to an activating group) is 1. The van der Waals surface area contributed by atoms with E-state index >= 15 is 0 Å². The van der Waals surface area contributed by atoms with Gasteiger partial charge >= 0.3 is 0 Å². The van der Waals surface area contributed by atoms with Crippen molar-refractivity contribution in [3.8, 4) is 0 Å². The van der Waals surface area contributed by atoms with E-state index in [4.69, 9.17) is 9.47 Å². The van der Waals surface area contributed by atoms with Gasteiger partial charge in [0, 0.05) is 26.4 Å². The first-order valence-electron chi connectivity index (χ1n) is 5.87. The Hall–Kier alpha value is -0.160. The van der Waals surface area contributed by atoms with Gasteiger partial charge in [0.25, 0.3) is 0 Å². The average molecular weight is 217 g/mol. The van der Waals surface area contributed by atoms with E-state index in [1.807, 2.05) is 6.92 Å². The highest BCUT2D eigenvalue weighted by molar-refractivity contribution is 4.63. The second kappa shape index (κ2) is 8.05. The molecule has 0 amide bonds. The SMILES string of the molecule is CCNCC(O)COCC1CCOCC1. The molecular weight excluding hydrogens is 194 g/mol. The molecule has 1 aliphatic heterocycles. The molecule has 1 fully saturated rings. The maximum absolute atomic E-state index is 9.50. The van der Waals surface area contributed by atoms with Crippen LogP contribution in [-0.4, -0.2) is 50.7 Å². The van der Waals surface area contributed by atoms with Gasteiger partial charge in [-0.25, -0.2) is 0 Å². The molecule has 0 aromatic rings. The fourth-order valence-electron chi connectivity index (χ4n) is 1.65. The summed E-state index contributed by atoms with van der Waals surface area (Å²) in [6, 6.07) is 0. The molecule has 15 heavy (non-hydrogen) atoms. The Morgan fingerprint density at radius 2 is 2.20 bits per heavy atom. The first-order valence-corrected chi connectivity index (χ1v) is 5.87. The molecule has 0 aliphatic carbocycles. The summed E-state index contributed by atoms with van der Waals surface area (Å²) in [6.07, 6.45) is 1.79. The van der Waals surface area contributed by atoms with Crippen molar-refractivity contribution in [3.05, 3.63) is 0 Å². The van der Waals surface area contributed by atoms with E-state index in [-0.39, 0.29) is 6.10 Å². The molecule has 90 valence electrons. The van der Waals surface area contributed by atoms with Crippen LogP contribution >= 0.6 is 0 Å². The Morgan fingerprint density at radius 1 is 1.47 bits per heavy atom. The van der Waals surface area contributed by atoms with Gasteiger partial charge in [0.15, 0.2) is 0 Å². The van der Waals surface area contributed by atoms with Crippen LogP contribution in [0.5, 0.6) is 0 Å². The van der Waals surface area contributed by atoms with E-state index < -0.39 is 0 Å². The fraction of sp³-hybridized carbons (Fsp3) is 1.00. The van der Waals surface area contributed by atoms with Crippen molar-refractivity contribution < 1.29 is 14.6 Å². The van der Waals surface area contributed by atoms with Crippen molar-refractivity contribution in [2.24, 2.45) is 5.92 Å². The average Bonchev–Trinajstić information content (AvgIpc) is 2.28. The van der Waals surface area contributed by atoms with Crippen LogP contribution < -0.4 is 5.32 Å². The first kappa shape index (κ1) is 12.9. The van der Waals surface area contributed by atoms with Gasteiger partial charge in [-0.3, -0.25) is 0 Å². The predicted molar refractivity (Wildman–Crippen MR) is 58.9 cm³/mol. The van der Waals surface area contributed by atoms with Gasteiger partial charge in [0.05, 0.1) is 12.7 Å². The van der Waals surface area contributed by atoms with Gasteiger partial charge < -0.3 is 19.9 Å². The van der Waals surface area contributed by atoms with E-state index in [1.165, 1.54) is 0 Å². The van der Waals surface area contributed by atoms with Gasteiger partial charge in [0.1, 0.15) is 0 Å². The molecule has 0 bridgehead atoms. The highest BCUT2D eigenvalue weighted by atomic mass is 16.5. The Bertz CT molecular complexity index is 149. The second-order valence-corrected chi connectivity index (χ2v) is 4.05.